The highest BCUT2D eigenvalue weighted by atomic mass is 32.2. The van der Waals surface area contributed by atoms with Crippen LogP contribution in [-0.2, 0) is 32.2 Å². The van der Waals surface area contributed by atoms with Crippen molar-refractivity contribution in [2.24, 2.45) is 0 Å². The molecule has 1 aliphatic heterocycles. The van der Waals surface area contributed by atoms with Crippen molar-refractivity contribution < 1.29 is 35.2 Å². The fourth-order valence-corrected chi connectivity index (χ4v) is 7.40. The van der Waals surface area contributed by atoms with Gasteiger partial charge in [0.1, 0.15) is 20.6 Å². The molecule has 0 radical (unpaired) electrons. The first kappa shape index (κ1) is 27.1. The third kappa shape index (κ3) is 5.88. The number of ether oxygens (including phenoxy) is 1. The second-order valence-corrected chi connectivity index (χ2v) is 12.8. The Hall–Kier alpha value is -2.52. The average molecular weight is 593 g/mol. The lowest BCUT2D eigenvalue weighted by molar-refractivity contribution is -0.663. The third-order valence-corrected chi connectivity index (χ3v) is 9.33. The number of thiazole rings is 1. The number of hydrogen-bond donors (Lipinski definition) is 1. The van der Waals surface area contributed by atoms with E-state index in [2.05, 4.69) is 4.90 Å². The molecule has 38 heavy (non-hydrogen) atoms. The molecule has 3 aromatic carbocycles. The predicted molar refractivity (Wildman–Crippen MR) is 150 cm³/mol. The van der Waals surface area contributed by atoms with Crippen molar-refractivity contribution in [1.29, 1.82) is 0 Å². The van der Waals surface area contributed by atoms with Crippen LogP contribution in [0.1, 0.15) is 11.4 Å². The van der Waals surface area contributed by atoms with Gasteiger partial charge in [-0.1, -0.05) is 47.4 Å². The highest BCUT2D eigenvalue weighted by Gasteiger charge is 2.29. The van der Waals surface area contributed by atoms with Crippen LogP contribution >= 0.6 is 23.1 Å². The van der Waals surface area contributed by atoms with Crippen molar-refractivity contribution in [3.63, 3.8) is 0 Å². The summed E-state index contributed by atoms with van der Waals surface area (Å²) in [5, 5.41) is 3.70. The number of anilines is 1. The summed E-state index contributed by atoms with van der Waals surface area (Å²) in [7, 11) is -2.82. The van der Waals surface area contributed by atoms with E-state index in [1.165, 1.54) is 11.3 Å². The normalized spacial score (nSPS) is 15.4. The van der Waals surface area contributed by atoms with Gasteiger partial charge >= 0.3 is 11.4 Å². The largest absolute Gasteiger partial charge is 0.748 e. The summed E-state index contributed by atoms with van der Waals surface area (Å²) in [6.45, 7) is 0.645. The molecule has 0 saturated heterocycles. The molecule has 0 saturated carbocycles. The van der Waals surface area contributed by atoms with Crippen LogP contribution < -0.4 is 14.2 Å². The van der Waals surface area contributed by atoms with Crippen molar-refractivity contribution >= 4 is 77.3 Å². The number of methoxy groups -OCH3 is 1. The van der Waals surface area contributed by atoms with E-state index in [0.717, 1.165) is 41.6 Å². The van der Waals surface area contributed by atoms with Gasteiger partial charge in [-0.3, -0.25) is 8.74 Å². The summed E-state index contributed by atoms with van der Waals surface area (Å²) in [5.41, 5.74) is 1.82. The average Bonchev–Trinajstić information content (AvgIpc) is 3.41. The molecule has 0 bridgehead atoms. The summed E-state index contributed by atoms with van der Waals surface area (Å²) in [4.78, 5) is 3.10. The van der Waals surface area contributed by atoms with Gasteiger partial charge in [-0.15, -0.1) is 0 Å². The number of nitrogens with zero attached hydrogens (tertiary/aromatic N) is 2. The van der Waals surface area contributed by atoms with Crippen LogP contribution in [0.3, 0.4) is 0 Å². The number of hydrogen-bond acceptors (Lipinski definition) is 9. The Morgan fingerprint density at radius 1 is 1.18 bits per heavy atom. The molecule has 1 aliphatic rings. The number of aromatic nitrogens is 1. The van der Waals surface area contributed by atoms with Gasteiger partial charge in [-0.25, -0.2) is 8.42 Å². The Bertz CT molecular complexity index is 1670. The van der Waals surface area contributed by atoms with Crippen LogP contribution in [0.4, 0.5) is 5.69 Å². The van der Waals surface area contributed by atoms with E-state index in [9.17, 15) is 17.2 Å². The molecule has 1 atom stereocenters. The zero-order valence-corrected chi connectivity index (χ0v) is 23.5. The monoisotopic (exact) mass is 592 g/mol. The van der Waals surface area contributed by atoms with Crippen LogP contribution in [-0.4, -0.2) is 47.7 Å². The summed E-state index contributed by atoms with van der Waals surface area (Å²) >= 11 is 0.760. The van der Waals surface area contributed by atoms with E-state index in [0.29, 0.717) is 18.7 Å². The maximum atomic E-state index is 11.6. The molecule has 1 aromatic heterocycles. The Balaban J connectivity index is 1.60. The minimum Gasteiger partial charge on any atom is -0.748 e. The molecule has 0 fully saturated rings. The summed E-state index contributed by atoms with van der Waals surface area (Å²) < 4.78 is 67.7. The Labute approximate surface area is 230 Å². The number of benzene rings is 3. The minimum atomic E-state index is -4.43. The van der Waals surface area contributed by atoms with Gasteiger partial charge in [0.25, 0.3) is 5.01 Å². The Morgan fingerprint density at radius 3 is 2.76 bits per heavy atom. The first-order valence-electron chi connectivity index (χ1n) is 11.6. The highest BCUT2D eigenvalue weighted by Crippen LogP contribution is 2.48. The van der Waals surface area contributed by atoms with Crippen LogP contribution in [0.15, 0.2) is 64.5 Å². The summed E-state index contributed by atoms with van der Waals surface area (Å²) in [5.74, 6) is 0.180. The van der Waals surface area contributed by atoms with Gasteiger partial charge in [-0.2, -0.15) is 8.78 Å². The van der Waals surface area contributed by atoms with Crippen molar-refractivity contribution in [2.75, 3.05) is 30.9 Å². The number of fused-ring (bicyclic) bond motifs is 4. The minimum absolute atomic E-state index is 0.0283. The second kappa shape index (κ2) is 11.3. The van der Waals surface area contributed by atoms with Crippen molar-refractivity contribution in [2.45, 2.75) is 17.9 Å². The van der Waals surface area contributed by atoms with Gasteiger partial charge in [0, 0.05) is 17.5 Å². The topological polar surface area (TPSA) is 120 Å². The zero-order valence-electron chi connectivity index (χ0n) is 20.2. The lowest BCUT2D eigenvalue weighted by Crippen LogP contribution is -2.38. The van der Waals surface area contributed by atoms with E-state index >= 15 is 0 Å². The van der Waals surface area contributed by atoms with Crippen LogP contribution in [0.5, 0.6) is 5.75 Å². The zero-order chi connectivity index (χ0) is 26.9. The number of thioether (sulfide) groups is 1. The smallest absolute Gasteiger partial charge is 0.301 e. The fourth-order valence-electron chi connectivity index (χ4n) is 4.41. The van der Waals surface area contributed by atoms with E-state index in [1.807, 2.05) is 65.2 Å². The van der Waals surface area contributed by atoms with Gasteiger partial charge < -0.3 is 14.2 Å². The van der Waals surface area contributed by atoms with E-state index < -0.39 is 27.2 Å². The SMILES string of the molecule is COc1ccc2c(c1)N(CCCOS(=O)O)C(=Cc1sc3ccc4ccccc4c3[n+]1CCS(=O)(=O)[O-])S2. The van der Waals surface area contributed by atoms with Crippen LogP contribution in [0.25, 0.3) is 27.1 Å². The molecule has 4 aromatic rings. The molecule has 13 heteroatoms. The maximum absolute atomic E-state index is 11.6. The second-order valence-electron chi connectivity index (χ2n) is 8.45. The standard InChI is InChI=1S/C25H24N2O7S4/c1-33-18-8-10-21-20(15-18)26(11-4-13-34-37(28)29)23(35-21)16-24-27(12-14-38(30,31)32)25-19-6-3-2-5-17(19)7-9-22(25)36-24/h2-3,5-10,15-16H,4,11-14H2,1H3,(H-,28,29,30,31,32). The molecule has 200 valence electrons. The third-order valence-electron chi connectivity index (χ3n) is 6.07. The van der Waals surface area contributed by atoms with Gasteiger partial charge in [0.05, 0.1) is 41.6 Å². The van der Waals surface area contributed by atoms with E-state index in [-0.39, 0.29) is 13.2 Å². The number of rotatable bonds is 10. The molecule has 5 rings (SSSR count). The van der Waals surface area contributed by atoms with Crippen molar-refractivity contribution in [3.8, 4) is 5.75 Å². The molecule has 0 aliphatic carbocycles. The Kier molecular flexibility index (Phi) is 8.05. The van der Waals surface area contributed by atoms with Crippen molar-refractivity contribution in [1.82, 2.24) is 0 Å². The lowest BCUT2D eigenvalue weighted by atomic mass is 10.1. The van der Waals surface area contributed by atoms with Gasteiger partial charge in [0.2, 0.25) is 5.52 Å². The molecule has 9 nitrogen and oxygen atoms in total. The molecule has 1 N–H and O–H groups in total. The highest BCUT2D eigenvalue weighted by molar-refractivity contribution is 8.03. The maximum Gasteiger partial charge on any atom is 0.301 e. The predicted octanol–water partition coefficient (Wildman–Crippen LogP) is 4.35. The molecule has 0 spiro atoms. The van der Waals surface area contributed by atoms with Crippen LogP contribution in [0.2, 0.25) is 0 Å². The Morgan fingerprint density at radius 2 is 2.00 bits per heavy atom. The van der Waals surface area contributed by atoms with E-state index in [4.69, 9.17) is 13.5 Å². The van der Waals surface area contributed by atoms with Crippen molar-refractivity contribution in [3.05, 3.63) is 64.6 Å². The molecular weight excluding hydrogens is 569 g/mol. The fraction of sp³-hybridized carbons (Fsp3) is 0.240. The molecular formula is C25H24N2O7S4. The summed E-state index contributed by atoms with van der Waals surface area (Å²) in [6.07, 6.45) is 2.49. The first-order chi connectivity index (χ1) is 18.2. The van der Waals surface area contributed by atoms with Gasteiger partial charge in [0.15, 0.2) is 6.54 Å². The van der Waals surface area contributed by atoms with Crippen LogP contribution in [0, 0.1) is 0 Å². The molecule has 1 unspecified atom stereocenters. The number of aryl methyl sites for hydroxylation is 1. The van der Waals surface area contributed by atoms with Gasteiger partial charge in [-0.05, 0) is 36.1 Å². The first-order valence-corrected chi connectivity index (χ1v) is 15.8. The molecule has 0 amide bonds. The quantitative estimate of drug-likeness (QED) is 0.124. The lowest BCUT2D eigenvalue weighted by Gasteiger charge is -2.20. The molecule has 2 heterocycles. The summed E-state index contributed by atoms with van der Waals surface area (Å²) in [6, 6.07) is 17.7. The van der Waals surface area contributed by atoms with E-state index in [1.54, 1.807) is 18.9 Å².